The van der Waals surface area contributed by atoms with Crippen molar-refractivity contribution >= 4 is 11.9 Å². The summed E-state index contributed by atoms with van der Waals surface area (Å²) in [4.78, 5) is 23.8. The lowest BCUT2D eigenvalue weighted by molar-refractivity contribution is -0.145. The summed E-state index contributed by atoms with van der Waals surface area (Å²) >= 11 is 0. The van der Waals surface area contributed by atoms with Gasteiger partial charge in [-0.25, -0.2) is 4.79 Å². The number of aryl methyl sites for hydroxylation is 2. The van der Waals surface area contributed by atoms with Crippen molar-refractivity contribution in [2.24, 2.45) is 0 Å². The number of hydrogen-bond donors (Lipinski definition) is 1. The van der Waals surface area contributed by atoms with Gasteiger partial charge in [0.2, 0.25) is 0 Å². The molecule has 0 spiro atoms. The van der Waals surface area contributed by atoms with Crippen LogP contribution in [0.15, 0.2) is 12.1 Å². The van der Waals surface area contributed by atoms with Crippen LogP contribution >= 0.6 is 0 Å². The zero-order chi connectivity index (χ0) is 15.6. The zero-order valence-corrected chi connectivity index (χ0v) is 12.9. The van der Waals surface area contributed by atoms with Gasteiger partial charge in [-0.1, -0.05) is 25.3 Å². The highest BCUT2D eigenvalue weighted by atomic mass is 16.5. The molecule has 0 aliphatic heterocycles. The summed E-state index contributed by atoms with van der Waals surface area (Å²) in [6.07, 6.45) is 4.16. The fraction of sp³-hybridized carbons (Fsp3) is 0.529. The Balaban J connectivity index is 2.60. The number of carboxylic acids is 1. The number of hydrogen-bond acceptors (Lipinski definition) is 3. The number of carbonyl (C=O) groups is 2. The van der Waals surface area contributed by atoms with Gasteiger partial charge >= 0.3 is 11.9 Å². The van der Waals surface area contributed by atoms with Crippen molar-refractivity contribution in [2.45, 2.75) is 51.4 Å². The normalized spacial score (nSPS) is 17.3. The van der Waals surface area contributed by atoms with E-state index in [0.717, 1.165) is 36.0 Å². The number of benzene rings is 1. The van der Waals surface area contributed by atoms with Crippen LogP contribution in [0.1, 0.15) is 59.2 Å². The van der Waals surface area contributed by atoms with E-state index in [1.807, 2.05) is 19.9 Å². The zero-order valence-electron chi connectivity index (χ0n) is 12.9. The van der Waals surface area contributed by atoms with Gasteiger partial charge in [0, 0.05) is 0 Å². The molecule has 0 amide bonds. The van der Waals surface area contributed by atoms with Crippen LogP contribution < -0.4 is 0 Å². The Morgan fingerprint density at radius 1 is 1.10 bits per heavy atom. The van der Waals surface area contributed by atoms with Crippen molar-refractivity contribution in [1.29, 1.82) is 0 Å². The molecule has 1 fully saturated rings. The molecule has 1 aliphatic carbocycles. The van der Waals surface area contributed by atoms with E-state index in [1.165, 1.54) is 7.11 Å². The van der Waals surface area contributed by atoms with Crippen LogP contribution in [0, 0.1) is 13.8 Å². The maximum Gasteiger partial charge on any atom is 0.338 e. The van der Waals surface area contributed by atoms with Crippen molar-refractivity contribution in [3.05, 3.63) is 34.4 Å². The van der Waals surface area contributed by atoms with E-state index < -0.39 is 17.4 Å². The lowest BCUT2D eigenvalue weighted by atomic mass is 9.67. The minimum absolute atomic E-state index is 0.412. The first-order chi connectivity index (χ1) is 9.92. The number of esters is 1. The van der Waals surface area contributed by atoms with Crippen LogP contribution in [0.5, 0.6) is 0 Å². The molecule has 2 rings (SSSR count). The Bertz CT molecular complexity index is 568. The van der Waals surface area contributed by atoms with Crippen molar-refractivity contribution in [1.82, 2.24) is 0 Å². The highest BCUT2D eigenvalue weighted by Gasteiger charge is 2.42. The molecule has 1 saturated carbocycles. The molecule has 0 aromatic heterocycles. The van der Waals surface area contributed by atoms with E-state index in [0.29, 0.717) is 18.4 Å². The number of methoxy groups -OCH3 is 1. The van der Waals surface area contributed by atoms with Gasteiger partial charge in [-0.05, 0) is 49.4 Å². The predicted octanol–water partition coefficient (Wildman–Crippen LogP) is 3.38. The Morgan fingerprint density at radius 2 is 1.71 bits per heavy atom. The molecule has 114 valence electrons. The van der Waals surface area contributed by atoms with Crippen molar-refractivity contribution in [2.75, 3.05) is 7.11 Å². The molecular weight excluding hydrogens is 268 g/mol. The van der Waals surface area contributed by atoms with Crippen LogP contribution in [-0.2, 0) is 14.9 Å². The number of carbonyl (C=O) groups excluding carboxylic acids is 1. The summed E-state index contributed by atoms with van der Waals surface area (Å²) in [7, 11) is 1.34. The summed E-state index contributed by atoms with van der Waals surface area (Å²) in [6, 6.07) is 3.62. The standard InChI is InChI=1S/C17H22O4/c1-11-9-12(2)14(10-13(11)15(18)21-3)17(16(19)20)7-5-4-6-8-17/h9-10H,4-8H2,1-3H3,(H,19,20). The average molecular weight is 290 g/mol. The summed E-state index contributed by atoms with van der Waals surface area (Å²) in [5.74, 6) is -1.20. The Labute approximate surface area is 125 Å². The quantitative estimate of drug-likeness (QED) is 0.867. The molecule has 4 heteroatoms. The molecule has 1 aromatic carbocycles. The van der Waals surface area contributed by atoms with E-state index >= 15 is 0 Å². The number of aliphatic carboxylic acids is 1. The van der Waals surface area contributed by atoms with E-state index in [9.17, 15) is 14.7 Å². The molecule has 21 heavy (non-hydrogen) atoms. The summed E-state index contributed by atoms with van der Waals surface area (Å²) in [5, 5.41) is 9.81. The average Bonchev–Trinajstić information content (AvgIpc) is 2.47. The summed E-state index contributed by atoms with van der Waals surface area (Å²) in [5.41, 5.74) is 2.12. The molecule has 1 aromatic rings. The summed E-state index contributed by atoms with van der Waals surface area (Å²) < 4.78 is 4.81. The second kappa shape index (κ2) is 5.88. The Morgan fingerprint density at radius 3 is 2.24 bits per heavy atom. The first kappa shape index (κ1) is 15.5. The largest absolute Gasteiger partial charge is 0.481 e. The predicted molar refractivity (Wildman–Crippen MR) is 79.7 cm³/mol. The second-order valence-electron chi connectivity index (χ2n) is 5.92. The number of carboxylic acid groups (broad SMARTS) is 1. The van der Waals surface area contributed by atoms with Gasteiger partial charge in [0.25, 0.3) is 0 Å². The van der Waals surface area contributed by atoms with Crippen molar-refractivity contribution in [3.8, 4) is 0 Å². The van der Waals surface area contributed by atoms with Gasteiger partial charge in [0.05, 0.1) is 18.1 Å². The fourth-order valence-electron chi connectivity index (χ4n) is 3.45. The first-order valence-corrected chi connectivity index (χ1v) is 7.36. The van der Waals surface area contributed by atoms with Crippen molar-refractivity contribution in [3.63, 3.8) is 0 Å². The molecule has 4 nitrogen and oxygen atoms in total. The maximum atomic E-state index is 11.9. The van der Waals surface area contributed by atoms with E-state index in [2.05, 4.69) is 0 Å². The van der Waals surface area contributed by atoms with Gasteiger partial charge < -0.3 is 9.84 Å². The SMILES string of the molecule is COC(=O)c1cc(C2(C(=O)O)CCCCC2)c(C)cc1C. The monoisotopic (exact) mass is 290 g/mol. The Hall–Kier alpha value is -1.84. The molecule has 1 N–H and O–H groups in total. The molecule has 0 radical (unpaired) electrons. The van der Waals surface area contributed by atoms with Crippen molar-refractivity contribution < 1.29 is 19.4 Å². The minimum atomic E-state index is -0.862. The van der Waals surface area contributed by atoms with Gasteiger partial charge in [-0.2, -0.15) is 0 Å². The summed E-state index contributed by atoms with van der Waals surface area (Å²) in [6.45, 7) is 3.76. The van der Waals surface area contributed by atoms with Gasteiger partial charge in [0.15, 0.2) is 0 Å². The molecule has 0 atom stereocenters. The lowest BCUT2D eigenvalue weighted by Gasteiger charge is -2.35. The third kappa shape index (κ3) is 2.67. The maximum absolute atomic E-state index is 11.9. The van der Waals surface area contributed by atoms with Crippen LogP contribution in [-0.4, -0.2) is 24.2 Å². The first-order valence-electron chi connectivity index (χ1n) is 7.36. The van der Waals surface area contributed by atoms with Crippen LogP contribution in [0.3, 0.4) is 0 Å². The molecular formula is C17H22O4. The Kier molecular flexibility index (Phi) is 4.35. The van der Waals surface area contributed by atoms with Gasteiger partial charge in [0.1, 0.15) is 0 Å². The molecule has 1 aliphatic rings. The lowest BCUT2D eigenvalue weighted by Crippen LogP contribution is -2.38. The van der Waals surface area contributed by atoms with Gasteiger partial charge in [-0.3, -0.25) is 4.79 Å². The highest BCUT2D eigenvalue weighted by Crippen LogP contribution is 2.42. The third-order valence-electron chi connectivity index (χ3n) is 4.61. The number of rotatable bonds is 3. The topological polar surface area (TPSA) is 63.6 Å². The van der Waals surface area contributed by atoms with Crippen LogP contribution in [0.4, 0.5) is 0 Å². The highest BCUT2D eigenvalue weighted by molar-refractivity contribution is 5.92. The molecule has 0 saturated heterocycles. The van der Waals surface area contributed by atoms with E-state index in [1.54, 1.807) is 6.07 Å². The van der Waals surface area contributed by atoms with Crippen LogP contribution in [0.2, 0.25) is 0 Å². The molecule has 0 heterocycles. The van der Waals surface area contributed by atoms with Gasteiger partial charge in [-0.15, -0.1) is 0 Å². The second-order valence-corrected chi connectivity index (χ2v) is 5.92. The third-order valence-corrected chi connectivity index (χ3v) is 4.61. The molecule has 0 bridgehead atoms. The smallest absolute Gasteiger partial charge is 0.338 e. The van der Waals surface area contributed by atoms with E-state index in [-0.39, 0.29) is 0 Å². The molecule has 0 unspecified atom stereocenters. The number of ether oxygens (including phenoxy) is 1. The fourth-order valence-corrected chi connectivity index (χ4v) is 3.45. The minimum Gasteiger partial charge on any atom is -0.481 e. The van der Waals surface area contributed by atoms with Crippen LogP contribution in [0.25, 0.3) is 0 Å². The van der Waals surface area contributed by atoms with E-state index in [4.69, 9.17) is 4.74 Å².